The number of nitrogens with zero attached hydrogens (tertiary/aromatic N) is 2. The maximum atomic E-state index is 11.3. The van der Waals surface area contributed by atoms with Crippen LogP contribution in [-0.4, -0.2) is 27.6 Å². The Balaban J connectivity index is 2.00. The molecule has 110 valence electrons. The van der Waals surface area contributed by atoms with E-state index >= 15 is 0 Å². The van der Waals surface area contributed by atoms with Crippen LogP contribution in [0.2, 0.25) is 0 Å². The zero-order chi connectivity index (χ0) is 14.5. The molecular formula is C15H23N3O2. The predicted molar refractivity (Wildman–Crippen MR) is 77.7 cm³/mol. The zero-order valence-electron chi connectivity index (χ0n) is 12.2. The van der Waals surface area contributed by atoms with E-state index in [9.17, 15) is 9.90 Å². The second kappa shape index (κ2) is 6.68. The molecule has 1 fully saturated rings. The summed E-state index contributed by atoms with van der Waals surface area (Å²) < 4.78 is 0. The Labute approximate surface area is 119 Å². The van der Waals surface area contributed by atoms with E-state index in [1.54, 1.807) is 0 Å². The van der Waals surface area contributed by atoms with Crippen molar-refractivity contribution in [1.82, 2.24) is 9.97 Å². The van der Waals surface area contributed by atoms with Gasteiger partial charge in [-0.1, -0.05) is 19.8 Å². The summed E-state index contributed by atoms with van der Waals surface area (Å²) >= 11 is 0. The van der Waals surface area contributed by atoms with E-state index in [2.05, 4.69) is 22.2 Å². The van der Waals surface area contributed by atoms with E-state index in [0.29, 0.717) is 6.54 Å². The average Bonchev–Trinajstić information content (AvgIpc) is 2.44. The molecule has 2 rings (SSSR count). The highest BCUT2D eigenvalue weighted by atomic mass is 16.4. The van der Waals surface area contributed by atoms with Crippen molar-refractivity contribution in [2.24, 2.45) is 11.8 Å². The molecule has 1 aliphatic carbocycles. The van der Waals surface area contributed by atoms with Crippen molar-refractivity contribution in [3.8, 4) is 0 Å². The Kier molecular flexibility index (Phi) is 4.93. The summed E-state index contributed by atoms with van der Waals surface area (Å²) in [5.74, 6) is 0.880. The minimum absolute atomic E-state index is 0.196. The van der Waals surface area contributed by atoms with Crippen molar-refractivity contribution in [3.63, 3.8) is 0 Å². The number of hydrogen-bond acceptors (Lipinski definition) is 4. The van der Waals surface area contributed by atoms with Crippen molar-refractivity contribution in [2.75, 3.05) is 11.9 Å². The van der Waals surface area contributed by atoms with Gasteiger partial charge in [0.15, 0.2) is 0 Å². The first-order valence-corrected chi connectivity index (χ1v) is 7.41. The second-order valence-electron chi connectivity index (χ2n) is 5.52. The number of aryl methyl sites for hydroxylation is 2. The van der Waals surface area contributed by atoms with E-state index in [1.807, 2.05) is 13.0 Å². The Hall–Kier alpha value is -1.65. The molecule has 5 heteroatoms. The highest BCUT2D eigenvalue weighted by Gasteiger charge is 2.30. The first-order valence-electron chi connectivity index (χ1n) is 7.41. The van der Waals surface area contributed by atoms with E-state index in [1.165, 1.54) is 0 Å². The van der Waals surface area contributed by atoms with Crippen LogP contribution in [0, 0.1) is 18.8 Å². The lowest BCUT2D eigenvalue weighted by Crippen LogP contribution is -2.32. The summed E-state index contributed by atoms with van der Waals surface area (Å²) in [7, 11) is 0. The van der Waals surface area contributed by atoms with Crippen LogP contribution in [0.5, 0.6) is 0 Å². The molecular weight excluding hydrogens is 254 g/mol. The third-order valence-corrected chi connectivity index (χ3v) is 4.02. The topological polar surface area (TPSA) is 75.1 Å². The van der Waals surface area contributed by atoms with Crippen molar-refractivity contribution in [3.05, 3.63) is 17.6 Å². The molecule has 1 aromatic heterocycles. The molecule has 0 radical (unpaired) electrons. The number of carbonyl (C=O) groups is 1. The van der Waals surface area contributed by atoms with Gasteiger partial charge in [0.25, 0.3) is 0 Å². The number of aliphatic carboxylic acids is 1. The Morgan fingerprint density at radius 1 is 1.40 bits per heavy atom. The molecule has 2 atom stereocenters. The smallest absolute Gasteiger partial charge is 0.306 e. The molecule has 0 aromatic carbocycles. The van der Waals surface area contributed by atoms with Crippen LogP contribution in [-0.2, 0) is 11.2 Å². The third kappa shape index (κ3) is 3.68. The first-order chi connectivity index (χ1) is 9.60. The highest BCUT2D eigenvalue weighted by molar-refractivity contribution is 5.70. The van der Waals surface area contributed by atoms with Crippen molar-refractivity contribution in [2.45, 2.75) is 46.0 Å². The number of carboxylic acids is 1. The number of hydrogen-bond donors (Lipinski definition) is 2. The summed E-state index contributed by atoms with van der Waals surface area (Å²) in [5.41, 5.74) is 1.01. The fourth-order valence-corrected chi connectivity index (χ4v) is 2.91. The van der Waals surface area contributed by atoms with Crippen LogP contribution >= 0.6 is 0 Å². The number of carboxylic acid groups (broad SMARTS) is 1. The van der Waals surface area contributed by atoms with Crippen LogP contribution < -0.4 is 5.32 Å². The summed E-state index contributed by atoms with van der Waals surface area (Å²) in [6, 6.07) is 1.95. The maximum absolute atomic E-state index is 11.3. The lowest BCUT2D eigenvalue weighted by molar-refractivity contribution is -0.144. The van der Waals surface area contributed by atoms with E-state index in [4.69, 9.17) is 0 Å². The van der Waals surface area contributed by atoms with Gasteiger partial charge in [-0.15, -0.1) is 0 Å². The van der Waals surface area contributed by atoms with Crippen molar-refractivity contribution >= 4 is 11.8 Å². The number of rotatable bonds is 5. The van der Waals surface area contributed by atoms with Crippen molar-refractivity contribution in [1.29, 1.82) is 0 Å². The third-order valence-electron chi connectivity index (χ3n) is 4.02. The molecule has 0 aliphatic heterocycles. The number of anilines is 1. The fraction of sp³-hybridized carbons (Fsp3) is 0.667. The van der Waals surface area contributed by atoms with Gasteiger partial charge in [0.2, 0.25) is 0 Å². The molecule has 0 amide bonds. The van der Waals surface area contributed by atoms with E-state index in [-0.39, 0.29) is 11.8 Å². The monoisotopic (exact) mass is 277 g/mol. The summed E-state index contributed by atoms with van der Waals surface area (Å²) in [6.07, 6.45) is 4.80. The molecule has 0 spiro atoms. The van der Waals surface area contributed by atoms with Gasteiger partial charge in [-0.2, -0.15) is 0 Å². The van der Waals surface area contributed by atoms with E-state index < -0.39 is 5.97 Å². The van der Waals surface area contributed by atoms with Gasteiger partial charge in [-0.05, 0) is 32.1 Å². The molecule has 1 saturated carbocycles. The average molecular weight is 277 g/mol. The SMILES string of the molecule is CCc1cc(NCC2CCCCC2C(=O)O)nc(C)n1. The second-order valence-corrected chi connectivity index (χ2v) is 5.52. The number of aromatic nitrogens is 2. The molecule has 1 heterocycles. The first kappa shape index (κ1) is 14.8. The number of nitrogens with one attached hydrogen (secondary N) is 1. The largest absolute Gasteiger partial charge is 0.481 e. The predicted octanol–water partition coefficient (Wildman–Crippen LogP) is 2.65. The zero-order valence-corrected chi connectivity index (χ0v) is 12.2. The van der Waals surface area contributed by atoms with Crippen molar-refractivity contribution < 1.29 is 9.90 Å². The van der Waals surface area contributed by atoms with Crippen LogP contribution in [0.3, 0.4) is 0 Å². The van der Waals surface area contributed by atoms with Crippen LogP contribution in [0.25, 0.3) is 0 Å². The Morgan fingerprint density at radius 2 is 2.15 bits per heavy atom. The van der Waals surface area contributed by atoms with Gasteiger partial charge in [0.05, 0.1) is 5.92 Å². The van der Waals surface area contributed by atoms with Gasteiger partial charge in [0.1, 0.15) is 11.6 Å². The fourth-order valence-electron chi connectivity index (χ4n) is 2.91. The lowest BCUT2D eigenvalue weighted by atomic mass is 9.79. The van der Waals surface area contributed by atoms with E-state index in [0.717, 1.165) is 49.4 Å². The summed E-state index contributed by atoms with van der Waals surface area (Å²) in [5, 5.41) is 12.6. The molecule has 0 saturated heterocycles. The standard InChI is InChI=1S/C15H23N3O2/c1-3-12-8-14(18-10(2)17-12)16-9-11-6-4-5-7-13(11)15(19)20/h8,11,13H,3-7,9H2,1-2H3,(H,19,20)(H,16,17,18). The maximum Gasteiger partial charge on any atom is 0.306 e. The summed E-state index contributed by atoms with van der Waals surface area (Å²) in [4.78, 5) is 20.0. The van der Waals surface area contributed by atoms with Crippen LogP contribution in [0.15, 0.2) is 6.07 Å². The highest BCUT2D eigenvalue weighted by Crippen LogP contribution is 2.30. The van der Waals surface area contributed by atoms with Gasteiger partial charge < -0.3 is 10.4 Å². The minimum Gasteiger partial charge on any atom is -0.481 e. The summed E-state index contributed by atoms with van der Waals surface area (Å²) in [6.45, 7) is 4.62. The van der Waals surface area contributed by atoms with Gasteiger partial charge in [-0.25, -0.2) is 9.97 Å². The minimum atomic E-state index is -0.662. The Morgan fingerprint density at radius 3 is 2.85 bits per heavy atom. The van der Waals surface area contributed by atoms with Crippen LogP contribution in [0.4, 0.5) is 5.82 Å². The normalized spacial score (nSPS) is 22.5. The van der Waals surface area contributed by atoms with Gasteiger partial charge in [-0.3, -0.25) is 4.79 Å². The molecule has 2 unspecified atom stereocenters. The lowest BCUT2D eigenvalue weighted by Gasteiger charge is -2.28. The van der Waals surface area contributed by atoms with Gasteiger partial charge in [0, 0.05) is 18.3 Å². The molecule has 5 nitrogen and oxygen atoms in total. The molecule has 1 aromatic rings. The molecule has 20 heavy (non-hydrogen) atoms. The Bertz CT molecular complexity index is 476. The molecule has 1 aliphatic rings. The van der Waals surface area contributed by atoms with Crippen LogP contribution in [0.1, 0.15) is 44.1 Å². The quantitative estimate of drug-likeness (QED) is 0.865. The molecule has 2 N–H and O–H groups in total. The van der Waals surface area contributed by atoms with Gasteiger partial charge >= 0.3 is 5.97 Å². The molecule has 0 bridgehead atoms.